The summed E-state index contributed by atoms with van der Waals surface area (Å²) in [6, 6.07) is 8.71. The van der Waals surface area contributed by atoms with Crippen LogP contribution in [0.4, 0.5) is 0 Å². The van der Waals surface area contributed by atoms with Crippen LogP contribution >= 0.6 is 0 Å². The van der Waals surface area contributed by atoms with Crippen molar-refractivity contribution in [1.82, 2.24) is 0 Å². The van der Waals surface area contributed by atoms with Crippen molar-refractivity contribution in [2.45, 2.75) is 52.6 Å². The minimum atomic E-state index is 1.11. The normalized spacial score (nSPS) is 11.2. The van der Waals surface area contributed by atoms with Gasteiger partial charge in [0.1, 0.15) is 13.1 Å². The molecule has 0 amide bonds. The Kier molecular flexibility index (Phi) is 6.82. The minimum Gasteiger partial charge on any atom is -0.205 e. The van der Waals surface area contributed by atoms with Gasteiger partial charge in [-0.25, -0.2) is 9.13 Å². The van der Waals surface area contributed by atoms with Gasteiger partial charge in [0.15, 0.2) is 24.8 Å². The van der Waals surface area contributed by atoms with Gasteiger partial charge in [0.2, 0.25) is 0 Å². The Balaban J connectivity index is 1.93. The monoisotopic (exact) mass is 296 g/mol. The molecule has 0 atom stereocenters. The van der Waals surface area contributed by atoms with Crippen molar-refractivity contribution in [1.29, 1.82) is 0 Å². The van der Waals surface area contributed by atoms with E-state index in [-0.39, 0.29) is 0 Å². The van der Waals surface area contributed by atoms with Crippen LogP contribution in [0.2, 0.25) is 0 Å². The van der Waals surface area contributed by atoms with Crippen LogP contribution in [0.1, 0.15) is 50.7 Å². The summed E-state index contributed by atoms with van der Waals surface area (Å²) >= 11 is 0. The SMILES string of the molecule is CCCC[n+]1ccc(/C=C/c2cc[n+](CCCC)cc2)cc1. The van der Waals surface area contributed by atoms with Crippen molar-refractivity contribution in [2.24, 2.45) is 0 Å². The first-order valence-corrected chi connectivity index (χ1v) is 8.48. The number of hydrogen-bond donors (Lipinski definition) is 0. The van der Waals surface area contributed by atoms with Gasteiger partial charge in [0.25, 0.3) is 0 Å². The molecule has 2 nitrogen and oxygen atoms in total. The molecule has 0 radical (unpaired) electrons. The molecule has 0 spiro atoms. The summed E-state index contributed by atoms with van der Waals surface area (Å²) in [4.78, 5) is 0. The summed E-state index contributed by atoms with van der Waals surface area (Å²) in [5.74, 6) is 0. The first-order valence-electron chi connectivity index (χ1n) is 8.48. The van der Waals surface area contributed by atoms with Crippen molar-refractivity contribution in [3.8, 4) is 0 Å². The molecule has 0 aliphatic rings. The maximum absolute atomic E-state index is 2.25. The Morgan fingerprint density at radius 3 is 1.36 bits per heavy atom. The van der Waals surface area contributed by atoms with Crippen LogP contribution in [0.3, 0.4) is 0 Å². The maximum atomic E-state index is 2.25. The Hall–Kier alpha value is -1.96. The van der Waals surface area contributed by atoms with E-state index in [1.807, 2.05) is 0 Å². The summed E-state index contributed by atoms with van der Waals surface area (Å²) in [6.45, 7) is 6.67. The lowest BCUT2D eigenvalue weighted by atomic mass is 10.2. The number of aryl methyl sites for hydroxylation is 2. The first-order chi connectivity index (χ1) is 10.8. The number of aromatic nitrogens is 2. The highest BCUT2D eigenvalue weighted by Crippen LogP contribution is 2.05. The zero-order valence-electron chi connectivity index (χ0n) is 13.9. The predicted molar refractivity (Wildman–Crippen MR) is 92.0 cm³/mol. The van der Waals surface area contributed by atoms with Gasteiger partial charge in [-0.3, -0.25) is 0 Å². The average molecular weight is 296 g/mol. The Bertz CT molecular complexity index is 514. The summed E-state index contributed by atoms with van der Waals surface area (Å²) < 4.78 is 4.50. The molecule has 0 unspecified atom stereocenters. The van der Waals surface area contributed by atoms with Crippen molar-refractivity contribution >= 4 is 12.2 Å². The Morgan fingerprint density at radius 1 is 0.682 bits per heavy atom. The third kappa shape index (κ3) is 5.44. The quantitative estimate of drug-likeness (QED) is 0.650. The second-order valence-electron chi connectivity index (χ2n) is 5.78. The Morgan fingerprint density at radius 2 is 1.05 bits per heavy atom. The molecule has 2 heteroatoms. The molecule has 2 rings (SSSR count). The number of hydrogen-bond acceptors (Lipinski definition) is 0. The van der Waals surface area contributed by atoms with E-state index in [0.29, 0.717) is 0 Å². The summed E-state index contributed by atoms with van der Waals surface area (Å²) in [5, 5.41) is 0. The van der Waals surface area contributed by atoms with E-state index < -0.39 is 0 Å². The molecule has 0 fully saturated rings. The molecule has 0 aromatic carbocycles. The molecule has 0 aliphatic carbocycles. The summed E-state index contributed by atoms with van der Waals surface area (Å²) in [5.41, 5.74) is 2.49. The lowest BCUT2D eigenvalue weighted by Gasteiger charge is -1.97. The largest absolute Gasteiger partial charge is 0.205 e. The van der Waals surface area contributed by atoms with Gasteiger partial charge in [-0.05, 0) is 11.1 Å². The van der Waals surface area contributed by atoms with Gasteiger partial charge in [0, 0.05) is 37.1 Å². The van der Waals surface area contributed by atoms with E-state index in [0.717, 1.165) is 13.1 Å². The molecular formula is C20H28N2+2. The predicted octanol–water partition coefficient (Wildman–Crippen LogP) is 4.03. The van der Waals surface area contributed by atoms with Gasteiger partial charge in [-0.2, -0.15) is 0 Å². The average Bonchev–Trinajstić information content (AvgIpc) is 2.58. The third-order valence-corrected chi connectivity index (χ3v) is 3.84. The highest BCUT2D eigenvalue weighted by Gasteiger charge is 2.00. The molecular weight excluding hydrogens is 268 g/mol. The van der Waals surface area contributed by atoms with E-state index in [4.69, 9.17) is 0 Å². The molecule has 2 aromatic rings. The molecule has 0 bridgehead atoms. The highest BCUT2D eigenvalue weighted by atomic mass is 14.9. The highest BCUT2D eigenvalue weighted by molar-refractivity contribution is 5.68. The van der Waals surface area contributed by atoms with Crippen LogP contribution in [-0.2, 0) is 13.1 Å². The third-order valence-electron chi connectivity index (χ3n) is 3.84. The smallest absolute Gasteiger partial charge is 0.169 e. The first kappa shape index (κ1) is 16.4. The number of nitrogens with zero attached hydrogens (tertiary/aromatic N) is 2. The topological polar surface area (TPSA) is 7.76 Å². The van der Waals surface area contributed by atoms with E-state index in [1.54, 1.807) is 0 Å². The zero-order valence-corrected chi connectivity index (χ0v) is 13.9. The van der Waals surface area contributed by atoms with Crippen molar-refractivity contribution in [3.05, 3.63) is 60.2 Å². The zero-order chi connectivity index (χ0) is 15.6. The van der Waals surface area contributed by atoms with Crippen LogP contribution in [0.5, 0.6) is 0 Å². The maximum Gasteiger partial charge on any atom is 0.169 e. The van der Waals surface area contributed by atoms with Crippen LogP contribution in [0, 0.1) is 0 Å². The lowest BCUT2D eigenvalue weighted by molar-refractivity contribution is -0.697. The van der Waals surface area contributed by atoms with Crippen LogP contribution in [0.25, 0.3) is 12.2 Å². The molecule has 0 aliphatic heterocycles. The van der Waals surface area contributed by atoms with Crippen molar-refractivity contribution in [3.63, 3.8) is 0 Å². The fourth-order valence-electron chi connectivity index (χ4n) is 2.33. The van der Waals surface area contributed by atoms with Gasteiger partial charge in [-0.15, -0.1) is 0 Å². The Labute approximate surface area is 134 Å². The van der Waals surface area contributed by atoms with Crippen molar-refractivity contribution < 1.29 is 9.13 Å². The van der Waals surface area contributed by atoms with Gasteiger partial charge < -0.3 is 0 Å². The van der Waals surface area contributed by atoms with Crippen LogP contribution in [-0.4, -0.2) is 0 Å². The van der Waals surface area contributed by atoms with Crippen molar-refractivity contribution in [2.75, 3.05) is 0 Å². The van der Waals surface area contributed by atoms with E-state index in [1.165, 1.54) is 36.8 Å². The van der Waals surface area contributed by atoms with Gasteiger partial charge in [-0.1, -0.05) is 38.8 Å². The fourth-order valence-corrected chi connectivity index (χ4v) is 2.33. The number of unbranched alkanes of at least 4 members (excludes halogenated alkanes) is 2. The van der Waals surface area contributed by atoms with Gasteiger partial charge >= 0.3 is 0 Å². The molecule has 2 heterocycles. The molecule has 0 saturated carbocycles. The second-order valence-corrected chi connectivity index (χ2v) is 5.78. The number of rotatable bonds is 8. The number of pyridine rings is 2. The van der Waals surface area contributed by atoms with Crippen LogP contribution < -0.4 is 9.13 Å². The van der Waals surface area contributed by atoms with Crippen LogP contribution in [0.15, 0.2) is 49.1 Å². The van der Waals surface area contributed by atoms with E-state index in [2.05, 4.69) is 84.2 Å². The summed E-state index contributed by atoms with van der Waals surface area (Å²) in [7, 11) is 0. The van der Waals surface area contributed by atoms with E-state index >= 15 is 0 Å². The van der Waals surface area contributed by atoms with Gasteiger partial charge in [0.05, 0.1) is 0 Å². The second kappa shape index (κ2) is 9.14. The summed E-state index contributed by atoms with van der Waals surface area (Å²) in [6.07, 6.45) is 18.0. The standard InChI is InChI=1S/C20H28N2/c1-3-5-13-21-15-9-19(10-16-21)7-8-20-11-17-22(18-12-20)14-6-4-2/h7-12,15-18H,3-6,13-14H2,1-2H3/q+2/b8-7+. The molecule has 0 N–H and O–H groups in total. The fraction of sp³-hybridized carbons (Fsp3) is 0.400. The molecule has 0 saturated heterocycles. The molecule has 22 heavy (non-hydrogen) atoms. The lowest BCUT2D eigenvalue weighted by Crippen LogP contribution is -2.32. The molecule has 2 aromatic heterocycles. The minimum absolute atomic E-state index is 1.11. The molecule has 116 valence electrons. The van der Waals surface area contributed by atoms with E-state index in [9.17, 15) is 0 Å².